The maximum absolute atomic E-state index is 12.5. The van der Waals surface area contributed by atoms with Gasteiger partial charge in [0.05, 0.1) is 13.0 Å². The molecule has 2 bridgehead atoms. The lowest BCUT2D eigenvalue weighted by atomic mass is 9.76. The average molecular weight is 309 g/mol. The molecule has 2 heterocycles. The summed E-state index contributed by atoms with van der Waals surface area (Å²) in [4.78, 5) is 14.9. The van der Waals surface area contributed by atoms with Crippen molar-refractivity contribution in [1.29, 1.82) is 0 Å². The molecular formula is C20H23NO2. The Labute approximate surface area is 137 Å². The van der Waals surface area contributed by atoms with Crippen LogP contribution in [-0.4, -0.2) is 37.1 Å². The molecule has 0 aliphatic carbocycles. The molecule has 3 heteroatoms. The van der Waals surface area contributed by atoms with Gasteiger partial charge in [-0.1, -0.05) is 42.5 Å². The molecule has 0 radical (unpaired) electrons. The molecule has 2 aliphatic heterocycles. The smallest absolute Gasteiger partial charge is 0.310 e. The summed E-state index contributed by atoms with van der Waals surface area (Å²) in [6.07, 6.45) is 3.34. The lowest BCUT2D eigenvalue weighted by Crippen LogP contribution is -2.49. The molecule has 2 aromatic rings. The number of hydrogen-bond acceptors (Lipinski definition) is 3. The van der Waals surface area contributed by atoms with Crippen LogP contribution in [0.1, 0.15) is 30.7 Å². The molecule has 2 aliphatic rings. The van der Waals surface area contributed by atoms with Gasteiger partial charge in [-0.2, -0.15) is 0 Å². The molecule has 23 heavy (non-hydrogen) atoms. The summed E-state index contributed by atoms with van der Waals surface area (Å²) in [6, 6.07) is 16.0. The minimum atomic E-state index is -0.0552. The van der Waals surface area contributed by atoms with Crippen LogP contribution in [0, 0.1) is 5.92 Å². The van der Waals surface area contributed by atoms with Gasteiger partial charge >= 0.3 is 5.97 Å². The van der Waals surface area contributed by atoms with Gasteiger partial charge in [0, 0.05) is 18.0 Å². The lowest BCUT2D eigenvalue weighted by Gasteiger charge is -2.41. The number of nitrogens with zero attached hydrogens (tertiary/aromatic N) is 1. The summed E-state index contributed by atoms with van der Waals surface area (Å²) >= 11 is 0. The second kappa shape index (κ2) is 5.64. The number of carbonyl (C=O) groups is 1. The Morgan fingerprint density at radius 1 is 1.13 bits per heavy atom. The quantitative estimate of drug-likeness (QED) is 0.794. The van der Waals surface area contributed by atoms with E-state index in [2.05, 4.69) is 54.4 Å². The highest BCUT2D eigenvalue weighted by molar-refractivity contribution is 5.83. The molecule has 2 saturated heterocycles. The van der Waals surface area contributed by atoms with Gasteiger partial charge in [0.15, 0.2) is 0 Å². The second-order valence-electron chi connectivity index (χ2n) is 6.96. The second-order valence-corrected chi connectivity index (χ2v) is 6.96. The first-order valence-corrected chi connectivity index (χ1v) is 8.47. The maximum Gasteiger partial charge on any atom is 0.310 e. The van der Waals surface area contributed by atoms with E-state index in [0.29, 0.717) is 12.1 Å². The molecule has 4 rings (SSSR count). The molecule has 0 amide bonds. The molecule has 3 nitrogen and oxygen atoms in total. The van der Waals surface area contributed by atoms with Crippen LogP contribution in [0.25, 0.3) is 10.8 Å². The van der Waals surface area contributed by atoms with Crippen molar-refractivity contribution in [2.75, 3.05) is 14.2 Å². The minimum Gasteiger partial charge on any atom is -0.469 e. The van der Waals surface area contributed by atoms with Crippen LogP contribution >= 0.6 is 0 Å². The van der Waals surface area contributed by atoms with Crippen molar-refractivity contribution in [3.8, 4) is 0 Å². The Morgan fingerprint density at radius 2 is 1.91 bits per heavy atom. The summed E-state index contributed by atoms with van der Waals surface area (Å²) in [5.74, 6) is 0.158. The third kappa shape index (κ3) is 2.34. The minimum absolute atomic E-state index is 0.0510. The number of ether oxygens (including phenoxy) is 1. The van der Waals surface area contributed by atoms with Gasteiger partial charge in [-0.25, -0.2) is 0 Å². The van der Waals surface area contributed by atoms with Crippen molar-refractivity contribution in [3.05, 3.63) is 48.0 Å². The molecule has 0 aromatic heterocycles. The molecule has 2 aromatic carbocycles. The van der Waals surface area contributed by atoms with Crippen LogP contribution in [-0.2, 0) is 9.53 Å². The number of piperidine rings is 1. The third-order valence-corrected chi connectivity index (χ3v) is 5.94. The number of carbonyl (C=O) groups excluding carboxylic acids is 1. The van der Waals surface area contributed by atoms with Crippen LogP contribution in [0.2, 0.25) is 0 Å². The molecule has 2 fully saturated rings. The Balaban J connectivity index is 1.76. The van der Waals surface area contributed by atoms with Crippen molar-refractivity contribution in [3.63, 3.8) is 0 Å². The van der Waals surface area contributed by atoms with E-state index in [-0.39, 0.29) is 17.8 Å². The number of rotatable bonds is 2. The number of benzene rings is 2. The fourth-order valence-electron chi connectivity index (χ4n) is 4.71. The topological polar surface area (TPSA) is 29.5 Å². The molecule has 4 atom stereocenters. The Kier molecular flexibility index (Phi) is 3.61. The van der Waals surface area contributed by atoms with E-state index in [0.717, 1.165) is 12.8 Å². The summed E-state index contributed by atoms with van der Waals surface area (Å²) < 4.78 is 5.16. The zero-order valence-electron chi connectivity index (χ0n) is 13.7. The van der Waals surface area contributed by atoms with Gasteiger partial charge in [-0.05, 0) is 42.6 Å². The normalized spacial score (nSPS) is 30.5. The zero-order valence-corrected chi connectivity index (χ0v) is 13.7. The molecular weight excluding hydrogens is 286 g/mol. The van der Waals surface area contributed by atoms with E-state index in [9.17, 15) is 4.79 Å². The zero-order chi connectivity index (χ0) is 16.0. The first kappa shape index (κ1) is 14.7. The third-order valence-electron chi connectivity index (χ3n) is 5.94. The Bertz CT molecular complexity index is 741. The monoisotopic (exact) mass is 309 g/mol. The van der Waals surface area contributed by atoms with Gasteiger partial charge in [-0.3, -0.25) is 9.69 Å². The van der Waals surface area contributed by atoms with Crippen LogP contribution in [0.15, 0.2) is 42.5 Å². The van der Waals surface area contributed by atoms with Crippen LogP contribution < -0.4 is 0 Å². The number of esters is 1. The highest BCUT2D eigenvalue weighted by Gasteiger charge is 2.49. The highest BCUT2D eigenvalue weighted by Crippen LogP contribution is 2.46. The van der Waals surface area contributed by atoms with E-state index in [1.807, 2.05) is 0 Å². The van der Waals surface area contributed by atoms with Gasteiger partial charge in [0.1, 0.15) is 0 Å². The van der Waals surface area contributed by atoms with Gasteiger partial charge in [0.2, 0.25) is 0 Å². The molecule has 120 valence electrons. The predicted molar refractivity (Wildman–Crippen MR) is 91.4 cm³/mol. The van der Waals surface area contributed by atoms with Crippen molar-refractivity contribution >= 4 is 16.7 Å². The molecule has 2 unspecified atom stereocenters. The van der Waals surface area contributed by atoms with Crippen LogP contribution in [0.3, 0.4) is 0 Å². The first-order valence-electron chi connectivity index (χ1n) is 8.47. The van der Waals surface area contributed by atoms with Crippen molar-refractivity contribution in [2.24, 2.45) is 5.92 Å². The van der Waals surface area contributed by atoms with E-state index in [1.165, 1.54) is 29.9 Å². The van der Waals surface area contributed by atoms with Crippen LogP contribution in [0.5, 0.6) is 0 Å². The molecule has 0 N–H and O–H groups in total. The SMILES string of the molecule is COC(=O)[C@H]1C(c2ccc3ccccc3c2)C[C@H]2CCC1N2C. The Morgan fingerprint density at radius 3 is 2.70 bits per heavy atom. The average Bonchev–Trinajstić information content (AvgIpc) is 2.83. The summed E-state index contributed by atoms with van der Waals surface area (Å²) in [5.41, 5.74) is 1.28. The summed E-state index contributed by atoms with van der Waals surface area (Å²) in [7, 11) is 3.68. The van der Waals surface area contributed by atoms with Gasteiger partial charge in [-0.15, -0.1) is 0 Å². The van der Waals surface area contributed by atoms with E-state index >= 15 is 0 Å². The highest BCUT2D eigenvalue weighted by atomic mass is 16.5. The standard InChI is InChI=1S/C20H23NO2/c1-21-16-9-10-18(21)19(20(22)23-2)17(12-16)15-8-7-13-5-3-4-6-14(13)11-15/h3-8,11,16-19H,9-10,12H2,1-2H3/t16-,17?,18?,19+/m1/s1. The lowest BCUT2D eigenvalue weighted by molar-refractivity contribution is -0.150. The summed E-state index contributed by atoms with van der Waals surface area (Å²) in [5, 5.41) is 2.50. The van der Waals surface area contributed by atoms with Gasteiger partial charge in [0.25, 0.3) is 0 Å². The van der Waals surface area contributed by atoms with Crippen molar-refractivity contribution in [2.45, 2.75) is 37.3 Å². The van der Waals surface area contributed by atoms with Crippen LogP contribution in [0.4, 0.5) is 0 Å². The number of hydrogen-bond donors (Lipinski definition) is 0. The fraction of sp³-hybridized carbons (Fsp3) is 0.450. The van der Waals surface area contributed by atoms with E-state index in [1.54, 1.807) is 0 Å². The van der Waals surface area contributed by atoms with Crippen molar-refractivity contribution in [1.82, 2.24) is 4.90 Å². The number of fused-ring (bicyclic) bond motifs is 3. The maximum atomic E-state index is 12.5. The van der Waals surface area contributed by atoms with E-state index in [4.69, 9.17) is 4.74 Å². The fourth-order valence-corrected chi connectivity index (χ4v) is 4.71. The largest absolute Gasteiger partial charge is 0.469 e. The van der Waals surface area contributed by atoms with Gasteiger partial charge < -0.3 is 4.74 Å². The summed E-state index contributed by atoms with van der Waals surface area (Å²) in [6.45, 7) is 0. The van der Waals surface area contributed by atoms with Crippen molar-refractivity contribution < 1.29 is 9.53 Å². The molecule has 0 spiro atoms. The first-order chi connectivity index (χ1) is 11.2. The number of methoxy groups -OCH3 is 1. The Hall–Kier alpha value is -1.87. The molecule has 0 saturated carbocycles. The predicted octanol–water partition coefficient (Wildman–Crippen LogP) is 3.58. The van der Waals surface area contributed by atoms with E-state index < -0.39 is 0 Å².